The van der Waals surface area contributed by atoms with Gasteiger partial charge in [-0.1, -0.05) is 5.16 Å². The van der Waals surface area contributed by atoms with E-state index in [0.29, 0.717) is 38.8 Å². The van der Waals surface area contributed by atoms with Crippen molar-refractivity contribution >= 4 is 11.8 Å². The highest BCUT2D eigenvalue weighted by molar-refractivity contribution is 5.91. The van der Waals surface area contributed by atoms with E-state index in [2.05, 4.69) is 5.16 Å². The lowest BCUT2D eigenvalue weighted by atomic mass is 10.0. The lowest BCUT2D eigenvalue weighted by Crippen LogP contribution is -2.61. The van der Waals surface area contributed by atoms with Gasteiger partial charge in [-0.3, -0.25) is 9.59 Å². The molecule has 130 valence electrons. The standard InChI is InChI=1S/C16H21N3O5/c20-14-8-23-16(10-19(14)7-12-1-2-12)9-18(5-6-22-11-16)15(21)13-3-4-17-24-13/h3-4,12H,1-2,5-11H2/t16-/m1/s1. The van der Waals surface area contributed by atoms with Gasteiger partial charge in [0.25, 0.3) is 5.91 Å². The molecule has 1 aromatic heterocycles. The van der Waals surface area contributed by atoms with Gasteiger partial charge in [-0.2, -0.15) is 0 Å². The summed E-state index contributed by atoms with van der Waals surface area (Å²) in [6.45, 7) is 2.92. The molecule has 2 aliphatic heterocycles. The number of amides is 2. The summed E-state index contributed by atoms with van der Waals surface area (Å²) in [7, 11) is 0. The van der Waals surface area contributed by atoms with Gasteiger partial charge in [0.1, 0.15) is 12.2 Å². The van der Waals surface area contributed by atoms with Crippen LogP contribution < -0.4 is 0 Å². The lowest BCUT2D eigenvalue weighted by Gasteiger charge is -2.43. The van der Waals surface area contributed by atoms with Gasteiger partial charge in [0.05, 0.1) is 32.5 Å². The van der Waals surface area contributed by atoms with Crippen molar-refractivity contribution in [2.24, 2.45) is 5.92 Å². The van der Waals surface area contributed by atoms with Gasteiger partial charge in [0.15, 0.2) is 0 Å². The van der Waals surface area contributed by atoms with Gasteiger partial charge in [-0.15, -0.1) is 0 Å². The highest BCUT2D eigenvalue weighted by Crippen LogP contribution is 2.32. The van der Waals surface area contributed by atoms with E-state index in [-0.39, 0.29) is 24.2 Å². The first-order valence-electron chi connectivity index (χ1n) is 8.35. The second-order valence-electron chi connectivity index (χ2n) is 6.85. The molecule has 2 saturated heterocycles. The Labute approximate surface area is 139 Å². The zero-order chi connectivity index (χ0) is 16.6. The van der Waals surface area contributed by atoms with Crippen LogP contribution in [0, 0.1) is 5.92 Å². The summed E-state index contributed by atoms with van der Waals surface area (Å²) >= 11 is 0. The largest absolute Gasteiger partial charge is 0.376 e. The summed E-state index contributed by atoms with van der Waals surface area (Å²) in [4.78, 5) is 28.2. The molecule has 4 rings (SSSR count). The molecule has 8 heteroatoms. The van der Waals surface area contributed by atoms with Gasteiger partial charge in [-0.25, -0.2) is 0 Å². The van der Waals surface area contributed by atoms with E-state index in [0.717, 1.165) is 6.54 Å². The number of morpholine rings is 1. The predicted octanol–water partition coefficient (Wildman–Crippen LogP) is 0.155. The molecule has 0 radical (unpaired) electrons. The molecule has 3 fully saturated rings. The van der Waals surface area contributed by atoms with E-state index in [1.54, 1.807) is 11.0 Å². The van der Waals surface area contributed by atoms with E-state index in [4.69, 9.17) is 14.0 Å². The molecule has 3 aliphatic rings. The SMILES string of the molecule is O=C1CO[C@@]2(COCCN(C(=O)c3ccno3)C2)CN1CC1CC1. The molecule has 2 amide bonds. The van der Waals surface area contributed by atoms with Gasteiger partial charge in [-0.05, 0) is 18.8 Å². The Morgan fingerprint density at radius 2 is 2.25 bits per heavy atom. The summed E-state index contributed by atoms with van der Waals surface area (Å²) in [6.07, 6.45) is 3.82. The molecule has 1 aliphatic carbocycles. The number of hydrogen-bond acceptors (Lipinski definition) is 6. The molecule has 3 heterocycles. The maximum Gasteiger partial charge on any atom is 0.292 e. The van der Waals surface area contributed by atoms with Crippen LogP contribution in [0.5, 0.6) is 0 Å². The molecule has 0 bridgehead atoms. The van der Waals surface area contributed by atoms with Crippen molar-refractivity contribution in [3.63, 3.8) is 0 Å². The topological polar surface area (TPSA) is 85.1 Å². The quantitative estimate of drug-likeness (QED) is 0.782. The number of ether oxygens (including phenoxy) is 2. The minimum absolute atomic E-state index is 0.0184. The number of carbonyl (C=O) groups excluding carboxylic acids is 2. The first-order chi connectivity index (χ1) is 11.7. The highest BCUT2D eigenvalue weighted by atomic mass is 16.6. The van der Waals surface area contributed by atoms with Crippen molar-refractivity contribution in [2.75, 3.05) is 46.0 Å². The normalized spacial score (nSPS) is 28.2. The average Bonchev–Trinajstić information content (AvgIpc) is 3.27. The van der Waals surface area contributed by atoms with Crippen molar-refractivity contribution in [3.05, 3.63) is 18.0 Å². The fourth-order valence-electron chi connectivity index (χ4n) is 3.31. The Morgan fingerprint density at radius 1 is 1.38 bits per heavy atom. The smallest absolute Gasteiger partial charge is 0.292 e. The fraction of sp³-hybridized carbons (Fsp3) is 0.688. The summed E-state index contributed by atoms with van der Waals surface area (Å²) in [6, 6.07) is 1.55. The zero-order valence-electron chi connectivity index (χ0n) is 13.5. The number of rotatable bonds is 3. The van der Waals surface area contributed by atoms with Crippen LogP contribution in [-0.4, -0.2) is 78.4 Å². The lowest BCUT2D eigenvalue weighted by molar-refractivity contribution is -0.172. The molecule has 0 aromatic carbocycles. The van der Waals surface area contributed by atoms with Gasteiger partial charge in [0, 0.05) is 19.2 Å². The summed E-state index contributed by atoms with van der Waals surface area (Å²) in [5.41, 5.74) is -0.672. The van der Waals surface area contributed by atoms with Crippen LogP contribution in [0.3, 0.4) is 0 Å². The number of hydrogen-bond donors (Lipinski definition) is 0. The van der Waals surface area contributed by atoms with Crippen LogP contribution in [0.2, 0.25) is 0 Å². The van der Waals surface area contributed by atoms with Crippen molar-refractivity contribution in [2.45, 2.75) is 18.4 Å². The molecule has 0 N–H and O–H groups in total. The number of aromatic nitrogens is 1. The van der Waals surface area contributed by atoms with Crippen LogP contribution in [0.1, 0.15) is 23.4 Å². The van der Waals surface area contributed by atoms with Crippen molar-refractivity contribution in [1.82, 2.24) is 15.0 Å². The van der Waals surface area contributed by atoms with E-state index in [1.807, 2.05) is 4.90 Å². The van der Waals surface area contributed by atoms with Gasteiger partial charge in [0.2, 0.25) is 11.7 Å². The summed E-state index contributed by atoms with van der Waals surface area (Å²) < 4.78 is 16.5. The molecule has 0 unspecified atom stereocenters. The molecular weight excluding hydrogens is 314 g/mol. The monoisotopic (exact) mass is 335 g/mol. The first kappa shape index (κ1) is 15.6. The zero-order valence-corrected chi connectivity index (χ0v) is 13.5. The molecule has 1 saturated carbocycles. The maximum atomic E-state index is 12.6. The Hall–Kier alpha value is -1.93. The third-order valence-corrected chi connectivity index (χ3v) is 4.79. The van der Waals surface area contributed by atoms with Crippen molar-refractivity contribution in [3.8, 4) is 0 Å². The van der Waals surface area contributed by atoms with Crippen LogP contribution in [0.4, 0.5) is 0 Å². The summed E-state index contributed by atoms with van der Waals surface area (Å²) in [5.74, 6) is 0.605. The third kappa shape index (κ3) is 3.16. The van der Waals surface area contributed by atoms with Crippen molar-refractivity contribution < 1.29 is 23.6 Å². The van der Waals surface area contributed by atoms with Crippen molar-refractivity contribution in [1.29, 1.82) is 0 Å². The Balaban J connectivity index is 1.50. The minimum Gasteiger partial charge on any atom is -0.376 e. The van der Waals surface area contributed by atoms with Crippen LogP contribution >= 0.6 is 0 Å². The molecule has 8 nitrogen and oxygen atoms in total. The third-order valence-electron chi connectivity index (χ3n) is 4.79. The first-order valence-corrected chi connectivity index (χ1v) is 8.35. The van der Waals surface area contributed by atoms with E-state index in [1.165, 1.54) is 19.0 Å². The molecular formula is C16H21N3O5. The Bertz CT molecular complexity index is 615. The predicted molar refractivity (Wildman–Crippen MR) is 81.2 cm³/mol. The second-order valence-corrected chi connectivity index (χ2v) is 6.85. The molecule has 1 aromatic rings. The van der Waals surface area contributed by atoms with Gasteiger partial charge < -0.3 is 23.8 Å². The van der Waals surface area contributed by atoms with E-state index < -0.39 is 5.60 Å². The molecule has 1 spiro atoms. The summed E-state index contributed by atoms with van der Waals surface area (Å²) in [5, 5.41) is 3.59. The molecule has 1 atom stereocenters. The Kier molecular flexibility index (Phi) is 4.01. The maximum absolute atomic E-state index is 12.6. The van der Waals surface area contributed by atoms with Gasteiger partial charge >= 0.3 is 0 Å². The second kappa shape index (κ2) is 6.18. The Morgan fingerprint density at radius 3 is 3.00 bits per heavy atom. The number of carbonyl (C=O) groups is 2. The number of nitrogens with zero attached hydrogens (tertiary/aromatic N) is 3. The highest BCUT2D eigenvalue weighted by Gasteiger charge is 2.45. The van der Waals surface area contributed by atoms with E-state index >= 15 is 0 Å². The molecule has 24 heavy (non-hydrogen) atoms. The van der Waals surface area contributed by atoms with Crippen LogP contribution in [-0.2, 0) is 14.3 Å². The minimum atomic E-state index is -0.672. The van der Waals surface area contributed by atoms with Crippen LogP contribution in [0.15, 0.2) is 16.8 Å². The average molecular weight is 335 g/mol. The fourth-order valence-corrected chi connectivity index (χ4v) is 3.31. The van der Waals surface area contributed by atoms with Crippen LogP contribution in [0.25, 0.3) is 0 Å². The van der Waals surface area contributed by atoms with E-state index in [9.17, 15) is 9.59 Å².